The topological polar surface area (TPSA) is 172 Å². The Morgan fingerprint density at radius 2 is 1.87 bits per heavy atom. The standard InChI is InChI=1S/C29H34ClN5O8S2/c1-28(2,3)42-26(39)29(4,5)43-34-19(18-14-45-27(31)32-18)22(36)33-20-23(37)35-21(16(11-30)13-44-24(20)35)25(38)41-12-15-7-9-17(40-6)10-8-15/h7-10,14,20,24H,11-13H2,1-6H3,(H2,31,32)(H,33,36)/b34-19-/t20-,24?/m1/s1. The first-order valence-electron chi connectivity index (χ1n) is 13.7. The highest BCUT2D eigenvalue weighted by Crippen LogP contribution is 2.41. The normalized spacial score (nSPS) is 18.5. The Morgan fingerprint density at radius 3 is 2.44 bits per heavy atom. The fourth-order valence-electron chi connectivity index (χ4n) is 4.12. The number of halogens is 1. The number of oxime groups is 1. The second-order valence-electron chi connectivity index (χ2n) is 11.5. The number of alkyl halides is 1. The second-order valence-corrected chi connectivity index (χ2v) is 13.7. The van der Waals surface area contributed by atoms with Crippen molar-refractivity contribution in [3.63, 3.8) is 0 Å². The number of ether oxygens (including phenoxy) is 3. The monoisotopic (exact) mass is 679 g/mol. The lowest BCUT2D eigenvalue weighted by Gasteiger charge is -2.49. The molecular weight excluding hydrogens is 646 g/mol. The van der Waals surface area contributed by atoms with E-state index in [0.717, 1.165) is 16.9 Å². The summed E-state index contributed by atoms with van der Waals surface area (Å²) < 4.78 is 16.1. The number of nitrogens with one attached hydrogen (secondary N) is 1. The van der Waals surface area contributed by atoms with Crippen LogP contribution >= 0.6 is 34.7 Å². The SMILES string of the molecule is COc1ccc(COC(=O)C2=C(CCl)CSC3[C@H](NC(=O)/C(=N\OC(C)(C)C(=O)OC(C)(C)C)c4csc(N)n4)C(=O)N23)cc1. The Bertz CT molecular complexity index is 1530. The van der Waals surface area contributed by atoms with Crippen LogP contribution in [0, 0.1) is 0 Å². The van der Waals surface area contributed by atoms with Crippen molar-refractivity contribution in [2.75, 3.05) is 24.5 Å². The summed E-state index contributed by atoms with van der Waals surface area (Å²) in [5.74, 6) is -1.72. The number of nitrogens with two attached hydrogens (primary N) is 1. The van der Waals surface area contributed by atoms with Crippen LogP contribution in [0.25, 0.3) is 0 Å². The van der Waals surface area contributed by atoms with E-state index >= 15 is 0 Å². The molecule has 1 fully saturated rings. The zero-order chi connectivity index (χ0) is 33.1. The largest absolute Gasteiger partial charge is 0.497 e. The number of thiazole rings is 1. The molecule has 1 unspecified atom stereocenters. The maximum atomic E-state index is 13.5. The van der Waals surface area contributed by atoms with Gasteiger partial charge >= 0.3 is 11.9 Å². The lowest BCUT2D eigenvalue weighted by molar-refractivity contribution is -0.179. The quantitative estimate of drug-likeness (QED) is 0.117. The number of benzene rings is 1. The lowest BCUT2D eigenvalue weighted by Crippen LogP contribution is -2.71. The van der Waals surface area contributed by atoms with Crippen molar-refractivity contribution in [3.05, 3.63) is 52.2 Å². The van der Waals surface area contributed by atoms with Gasteiger partial charge in [0.2, 0.25) is 5.60 Å². The van der Waals surface area contributed by atoms with Crippen LogP contribution in [0.3, 0.4) is 0 Å². The van der Waals surface area contributed by atoms with Crippen LogP contribution in [0.2, 0.25) is 0 Å². The molecule has 0 saturated carbocycles. The molecule has 3 heterocycles. The number of methoxy groups -OCH3 is 1. The maximum Gasteiger partial charge on any atom is 0.355 e. The van der Waals surface area contributed by atoms with Crippen molar-refractivity contribution in [2.24, 2.45) is 5.16 Å². The van der Waals surface area contributed by atoms with E-state index in [4.69, 9.17) is 36.4 Å². The molecule has 1 aromatic carbocycles. The number of anilines is 1. The number of rotatable bonds is 11. The number of amides is 2. The van der Waals surface area contributed by atoms with Crippen LogP contribution in [-0.4, -0.2) is 80.7 Å². The fraction of sp³-hybridized carbons (Fsp3) is 0.448. The van der Waals surface area contributed by atoms with Gasteiger partial charge < -0.3 is 30.1 Å². The van der Waals surface area contributed by atoms with E-state index < -0.39 is 46.4 Å². The first-order valence-corrected chi connectivity index (χ1v) is 16.2. The minimum atomic E-state index is -1.56. The van der Waals surface area contributed by atoms with Gasteiger partial charge in [-0.1, -0.05) is 17.3 Å². The lowest BCUT2D eigenvalue weighted by atomic mass is 10.0. The Labute approximate surface area is 273 Å². The third-order valence-electron chi connectivity index (χ3n) is 6.45. The Morgan fingerprint density at radius 1 is 1.18 bits per heavy atom. The third kappa shape index (κ3) is 7.89. The number of esters is 2. The van der Waals surface area contributed by atoms with Gasteiger partial charge in [-0.25, -0.2) is 14.6 Å². The molecule has 0 spiro atoms. The number of nitrogen functional groups attached to an aromatic ring is 1. The molecular formula is C29H34ClN5O8S2. The van der Waals surface area contributed by atoms with Gasteiger partial charge in [0.15, 0.2) is 10.8 Å². The number of carbonyl (C=O) groups excluding carboxylic acids is 4. The Hall–Kier alpha value is -3.82. The van der Waals surface area contributed by atoms with Crippen LogP contribution in [0.4, 0.5) is 5.13 Å². The van der Waals surface area contributed by atoms with Gasteiger partial charge in [0, 0.05) is 17.0 Å². The molecule has 13 nitrogen and oxygen atoms in total. The van der Waals surface area contributed by atoms with Crippen LogP contribution in [-0.2, 0) is 40.1 Å². The minimum absolute atomic E-state index is 0.0142. The van der Waals surface area contributed by atoms with Crippen molar-refractivity contribution in [1.29, 1.82) is 0 Å². The molecule has 0 bridgehead atoms. The van der Waals surface area contributed by atoms with E-state index in [-0.39, 0.29) is 34.7 Å². The molecule has 0 radical (unpaired) electrons. The summed E-state index contributed by atoms with van der Waals surface area (Å²) in [5, 5.41) is 7.67. The van der Waals surface area contributed by atoms with Gasteiger partial charge in [-0.15, -0.1) is 34.7 Å². The van der Waals surface area contributed by atoms with Gasteiger partial charge in [0.25, 0.3) is 11.8 Å². The van der Waals surface area contributed by atoms with Gasteiger partial charge in [-0.2, -0.15) is 0 Å². The second kappa shape index (κ2) is 13.7. The number of nitrogens with zero attached hydrogens (tertiary/aromatic N) is 3. The highest BCUT2D eigenvalue weighted by molar-refractivity contribution is 8.00. The van der Waals surface area contributed by atoms with Gasteiger partial charge in [0.1, 0.15) is 40.8 Å². The predicted octanol–water partition coefficient (Wildman–Crippen LogP) is 3.21. The van der Waals surface area contributed by atoms with E-state index in [0.29, 0.717) is 17.1 Å². The summed E-state index contributed by atoms with van der Waals surface area (Å²) in [7, 11) is 1.55. The first-order chi connectivity index (χ1) is 21.1. The van der Waals surface area contributed by atoms with Gasteiger partial charge in [0.05, 0.1) is 7.11 Å². The van der Waals surface area contributed by atoms with Gasteiger partial charge in [-0.05, 0) is 57.9 Å². The third-order valence-corrected chi connectivity index (χ3v) is 8.79. The molecule has 3 N–H and O–H groups in total. The van der Waals surface area contributed by atoms with Gasteiger partial charge in [-0.3, -0.25) is 14.5 Å². The molecule has 45 heavy (non-hydrogen) atoms. The Balaban J connectivity index is 1.49. The zero-order valence-electron chi connectivity index (χ0n) is 25.5. The summed E-state index contributed by atoms with van der Waals surface area (Å²) in [5.41, 5.74) is 4.54. The molecule has 0 aliphatic carbocycles. The summed E-state index contributed by atoms with van der Waals surface area (Å²) >= 11 is 8.54. The number of aromatic nitrogens is 1. The minimum Gasteiger partial charge on any atom is -0.497 e. The summed E-state index contributed by atoms with van der Waals surface area (Å²) in [6.07, 6.45) is 0. The van der Waals surface area contributed by atoms with E-state index in [1.807, 2.05) is 0 Å². The number of hydrogen-bond donors (Lipinski definition) is 2. The molecule has 2 amide bonds. The van der Waals surface area contributed by atoms with Crippen molar-refractivity contribution in [3.8, 4) is 5.75 Å². The molecule has 2 aliphatic rings. The average molecular weight is 680 g/mol. The molecule has 1 aromatic heterocycles. The molecule has 2 aromatic rings. The average Bonchev–Trinajstić information content (AvgIpc) is 3.42. The highest BCUT2D eigenvalue weighted by Gasteiger charge is 2.54. The van der Waals surface area contributed by atoms with Crippen LogP contribution in [0.1, 0.15) is 45.9 Å². The number of fused-ring (bicyclic) bond motifs is 1. The summed E-state index contributed by atoms with van der Waals surface area (Å²) in [6.45, 7) is 7.98. The molecule has 242 valence electrons. The maximum absolute atomic E-state index is 13.5. The number of thioether (sulfide) groups is 1. The summed E-state index contributed by atoms with van der Waals surface area (Å²) in [4.78, 5) is 63.7. The van der Waals surface area contributed by atoms with E-state index in [2.05, 4.69) is 15.5 Å². The van der Waals surface area contributed by atoms with E-state index in [1.54, 1.807) is 52.1 Å². The van der Waals surface area contributed by atoms with Crippen molar-refractivity contribution >= 4 is 69.3 Å². The zero-order valence-corrected chi connectivity index (χ0v) is 27.9. The predicted molar refractivity (Wildman–Crippen MR) is 170 cm³/mol. The molecule has 1 saturated heterocycles. The van der Waals surface area contributed by atoms with Crippen molar-refractivity contribution in [1.82, 2.24) is 15.2 Å². The number of carbonyl (C=O) groups is 4. The highest BCUT2D eigenvalue weighted by atomic mass is 35.5. The summed E-state index contributed by atoms with van der Waals surface area (Å²) in [6, 6.07) is 6.00. The molecule has 2 atom stereocenters. The smallest absolute Gasteiger partial charge is 0.355 e. The van der Waals surface area contributed by atoms with Crippen LogP contribution < -0.4 is 15.8 Å². The Kier molecular flexibility index (Phi) is 10.3. The van der Waals surface area contributed by atoms with E-state index in [1.165, 1.54) is 35.9 Å². The van der Waals surface area contributed by atoms with Crippen LogP contribution in [0.5, 0.6) is 5.75 Å². The van der Waals surface area contributed by atoms with Crippen molar-refractivity contribution < 1.29 is 38.2 Å². The van der Waals surface area contributed by atoms with E-state index in [9.17, 15) is 19.2 Å². The molecule has 4 rings (SSSR count). The molecule has 2 aliphatic heterocycles. The fourth-order valence-corrected chi connectivity index (χ4v) is 6.35. The first kappa shape index (κ1) is 34.1. The van der Waals surface area contributed by atoms with Crippen LogP contribution in [0.15, 0.2) is 46.1 Å². The number of β-lactam (4-membered cyclic amide) rings is 1. The molecule has 16 heteroatoms. The number of hydrogen-bond acceptors (Lipinski definition) is 13. The van der Waals surface area contributed by atoms with Crippen molar-refractivity contribution in [2.45, 2.75) is 63.8 Å².